The number of benzene rings is 1. The Labute approximate surface area is 153 Å². The second kappa shape index (κ2) is 7.83. The van der Waals surface area contributed by atoms with E-state index in [9.17, 15) is 9.18 Å². The van der Waals surface area contributed by atoms with Crippen LogP contribution in [0.2, 0.25) is 0 Å². The number of rotatable bonds is 5. The number of carbonyl (C=O) groups is 1. The van der Waals surface area contributed by atoms with Gasteiger partial charge in [0.2, 0.25) is 0 Å². The first kappa shape index (κ1) is 18.3. The summed E-state index contributed by atoms with van der Waals surface area (Å²) in [5.74, 6) is -0.564. The summed E-state index contributed by atoms with van der Waals surface area (Å²) in [6, 6.07) is 8.31. The van der Waals surface area contributed by atoms with Crippen LogP contribution in [0.15, 0.2) is 36.5 Å². The van der Waals surface area contributed by atoms with E-state index in [1.54, 1.807) is 11.0 Å². The molecule has 0 unspecified atom stereocenters. The van der Waals surface area contributed by atoms with E-state index in [4.69, 9.17) is 4.74 Å². The molecule has 26 heavy (non-hydrogen) atoms. The molecule has 1 amide bonds. The molecule has 1 atom stereocenters. The Morgan fingerprint density at radius 3 is 2.77 bits per heavy atom. The van der Waals surface area contributed by atoms with Crippen molar-refractivity contribution in [2.75, 3.05) is 27.7 Å². The fourth-order valence-corrected chi connectivity index (χ4v) is 3.37. The van der Waals surface area contributed by atoms with Crippen molar-refractivity contribution in [1.29, 1.82) is 0 Å². The molecule has 1 aromatic heterocycles. The number of likely N-dealkylation sites (tertiary alicyclic amines) is 1. The Morgan fingerprint density at radius 2 is 2.15 bits per heavy atom. The Morgan fingerprint density at radius 1 is 1.35 bits per heavy atom. The number of amides is 1. The van der Waals surface area contributed by atoms with Gasteiger partial charge < -0.3 is 14.5 Å². The zero-order valence-corrected chi connectivity index (χ0v) is 15.4. The van der Waals surface area contributed by atoms with Crippen LogP contribution in [0.4, 0.5) is 4.39 Å². The van der Waals surface area contributed by atoms with Crippen molar-refractivity contribution in [2.24, 2.45) is 0 Å². The van der Waals surface area contributed by atoms with Gasteiger partial charge in [-0.05, 0) is 56.8 Å². The number of halogens is 1. The lowest BCUT2D eigenvalue weighted by Gasteiger charge is -2.25. The van der Waals surface area contributed by atoms with Gasteiger partial charge in [0, 0.05) is 24.8 Å². The number of hydrogen-bond acceptors (Lipinski definition) is 4. The van der Waals surface area contributed by atoms with Crippen LogP contribution < -0.4 is 4.74 Å². The summed E-state index contributed by atoms with van der Waals surface area (Å²) in [6.45, 7) is 1.48. The second-order valence-corrected chi connectivity index (χ2v) is 6.83. The van der Waals surface area contributed by atoms with Crippen molar-refractivity contribution in [3.63, 3.8) is 0 Å². The van der Waals surface area contributed by atoms with Gasteiger partial charge in [0.1, 0.15) is 0 Å². The molecule has 138 valence electrons. The predicted octanol–water partition coefficient (Wildman–Crippen LogP) is 3.27. The largest absolute Gasteiger partial charge is 0.494 e. The monoisotopic (exact) mass is 357 g/mol. The number of hydrogen-bond donors (Lipinski definition) is 0. The van der Waals surface area contributed by atoms with E-state index in [1.807, 2.05) is 26.4 Å². The molecule has 0 bridgehead atoms. The maximum atomic E-state index is 14.0. The lowest BCUT2D eigenvalue weighted by atomic mass is 10.1. The average Bonchev–Trinajstić information content (AvgIpc) is 3.11. The van der Waals surface area contributed by atoms with Crippen LogP contribution in [0.3, 0.4) is 0 Å². The third-order valence-corrected chi connectivity index (χ3v) is 4.60. The molecule has 2 aromatic rings. The molecule has 0 saturated carbocycles. The zero-order chi connectivity index (χ0) is 18.7. The van der Waals surface area contributed by atoms with E-state index in [0.717, 1.165) is 30.6 Å². The highest BCUT2D eigenvalue weighted by atomic mass is 19.1. The standard InChI is InChI=1S/C20H24FN3O2/c1-23(2)13-14-6-8-17(22-12-14)18-5-4-10-24(18)20(25)15-7-9-19(26-3)16(21)11-15/h6-9,11-12,18H,4-5,10,13H2,1-3H3/t18-/m1/s1. The first-order chi connectivity index (χ1) is 12.5. The van der Waals surface area contributed by atoms with Gasteiger partial charge in [0.25, 0.3) is 5.91 Å². The van der Waals surface area contributed by atoms with Gasteiger partial charge >= 0.3 is 0 Å². The average molecular weight is 357 g/mol. The lowest BCUT2D eigenvalue weighted by Crippen LogP contribution is -2.31. The van der Waals surface area contributed by atoms with Crippen molar-refractivity contribution in [1.82, 2.24) is 14.8 Å². The van der Waals surface area contributed by atoms with Crippen LogP contribution in [0.1, 0.15) is 40.5 Å². The highest BCUT2D eigenvalue weighted by molar-refractivity contribution is 5.94. The second-order valence-electron chi connectivity index (χ2n) is 6.83. The van der Waals surface area contributed by atoms with E-state index in [0.29, 0.717) is 12.1 Å². The molecule has 1 aromatic carbocycles. The Hall–Kier alpha value is -2.47. The zero-order valence-electron chi connectivity index (χ0n) is 15.4. The summed E-state index contributed by atoms with van der Waals surface area (Å²) in [5.41, 5.74) is 2.35. The molecule has 0 radical (unpaired) electrons. The third-order valence-electron chi connectivity index (χ3n) is 4.60. The molecule has 1 saturated heterocycles. The lowest BCUT2D eigenvalue weighted by molar-refractivity contribution is 0.0732. The van der Waals surface area contributed by atoms with Crippen LogP contribution in [-0.2, 0) is 6.54 Å². The number of methoxy groups -OCH3 is 1. The Balaban J connectivity index is 1.79. The van der Waals surface area contributed by atoms with Crippen molar-refractivity contribution in [2.45, 2.75) is 25.4 Å². The summed E-state index contributed by atoms with van der Waals surface area (Å²) < 4.78 is 18.9. The maximum Gasteiger partial charge on any atom is 0.254 e. The Bertz CT molecular complexity index is 777. The van der Waals surface area contributed by atoms with Gasteiger partial charge in [-0.15, -0.1) is 0 Å². The number of carbonyl (C=O) groups excluding carboxylic acids is 1. The minimum absolute atomic E-state index is 0.0685. The topological polar surface area (TPSA) is 45.7 Å². The number of nitrogens with zero attached hydrogens (tertiary/aromatic N) is 3. The highest BCUT2D eigenvalue weighted by Crippen LogP contribution is 2.32. The molecule has 1 fully saturated rings. The van der Waals surface area contributed by atoms with Gasteiger partial charge in [0.05, 0.1) is 18.8 Å². The molecule has 2 heterocycles. The maximum absolute atomic E-state index is 14.0. The summed E-state index contributed by atoms with van der Waals surface area (Å²) >= 11 is 0. The molecule has 0 N–H and O–H groups in total. The van der Waals surface area contributed by atoms with E-state index < -0.39 is 5.82 Å². The minimum Gasteiger partial charge on any atom is -0.494 e. The highest BCUT2D eigenvalue weighted by Gasteiger charge is 2.31. The van der Waals surface area contributed by atoms with E-state index in [1.165, 1.54) is 19.2 Å². The van der Waals surface area contributed by atoms with Crippen LogP contribution in [0.25, 0.3) is 0 Å². The summed E-state index contributed by atoms with van der Waals surface area (Å²) in [6.07, 6.45) is 3.64. The van der Waals surface area contributed by atoms with Crippen LogP contribution in [-0.4, -0.2) is 48.4 Å². The van der Waals surface area contributed by atoms with Crippen LogP contribution in [0, 0.1) is 5.82 Å². The van der Waals surface area contributed by atoms with Crippen molar-refractivity contribution in [3.05, 3.63) is 59.2 Å². The smallest absolute Gasteiger partial charge is 0.254 e. The normalized spacial score (nSPS) is 17.0. The molecule has 1 aliphatic rings. The van der Waals surface area contributed by atoms with Crippen LogP contribution in [0.5, 0.6) is 5.75 Å². The van der Waals surface area contributed by atoms with Gasteiger partial charge in [0.15, 0.2) is 11.6 Å². The minimum atomic E-state index is -0.528. The SMILES string of the molecule is COc1ccc(C(=O)N2CCC[C@@H]2c2ccc(CN(C)C)cn2)cc1F. The summed E-state index contributed by atoms with van der Waals surface area (Å²) in [5, 5.41) is 0. The molecule has 3 rings (SSSR count). The van der Waals surface area contributed by atoms with Crippen molar-refractivity contribution >= 4 is 5.91 Å². The number of aromatic nitrogens is 1. The van der Waals surface area contributed by atoms with Gasteiger partial charge in [-0.1, -0.05) is 6.07 Å². The molecule has 5 nitrogen and oxygen atoms in total. The molecular weight excluding hydrogens is 333 g/mol. The summed E-state index contributed by atoms with van der Waals surface area (Å²) in [4.78, 5) is 21.3. The van der Waals surface area contributed by atoms with E-state index in [-0.39, 0.29) is 17.7 Å². The third kappa shape index (κ3) is 3.85. The quantitative estimate of drug-likeness (QED) is 0.824. The van der Waals surface area contributed by atoms with Gasteiger partial charge in [-0.3, -0.25) is 9.78 Å². The molecular formula is C20H24FN3O2. The molecule has 0 aliphatic carbocycles. The van der Waals surface area contributed by atoms with Gasteiger partial charge in [-0.2, -0.15) is 0 Å². The number of pyridine rings is 1. The fraction of sp³-hybridized carbons (Fsp3) is 0.400. The molecule has 0 spiro atoms. The Kier molecular flexibility index (Phi) is 5.52. The van der Waals surface area contributed by atoms with Crippen molar-refractivity contribution < 1.29 is 13.9 Å². The molecule has 6 heteroatoms. The fourth-order valence-electron chi connectivity index (χ4n) is 3.37. The first-order valence-corrected chi connectivity index (χ1v) is 8.73. The van der Waals surface area contributed by atoms with Crippen molar-refractivity contribution in [3.8, 4) is 5.75 Å². The predicted molar refractivity (Wildman–Crippen MR) is 97.6 cm³/mol. The molecule has 1 aliphatic heterocycles. The van der Waals surface area contributed by atoms with E-state index in [2.05, 4.69) is 16.0 Å². The van der Waals surface area contributed by atoms with E-state index >= 15 is 0 Å². The van der Waals surface area contributed by atoms with Crippen LogP contribution >= 0.6 is 0 Å². The number of ether oxygens (including phenoxy) is 1. The van der Waals surface area contributed by atoms with Gasteiger partial charge in [-0.25, -0.2) is 4.39 Å². The first-order valence-electron chi connectivity index (χ1n) is 8.73. The summed E-state index contributed by atoms with van der Waals surface area (Å²) in [7, 11) is 5.43.